The molecule has 1 saturated heterocycles. The van der Waals surface area contributed by atoms with Gasteiger partial charge in [-0.25, -0.2) is 0 Å². The van der Waals surface area contributed by atoms with Crippen LogP contribution in [0.15, 0.2) is 41.3 Å². The fraction of sp³-hybridized carbons (Fsp3) is 0.150. The van der Waals surface area contributed by atoms with Gasteiger partial charge >= 0.3 is 0 Å². The summed E-state index contributed by atoms with van der Waals surface area (Å²) in [5.74, 6) is -1.98. The summed E-state index contributed by atoms with van der Waals surface area (Å²) in [4.78, 5) is 47.9. The number of anilines is 1. The molecule has 0 saturated carbocycles. The van der Waals surface area contributed by atoms with Crippen LogP contribution in [0.25, 0.3) is 6.08 Å². The smallest absolute Gasteiger partial charge is 0.294 e. The highest BCUT2D eigenvalue weighted by molar-refractivity contribution is 8.18. The van der Waals surface area contributed by atoms with E-state index in [1.54, 1.807) is 12.1 Å². The van der Waals surface area contributed by atoms with Crippen LogP contribution in [0, 0.1) is 24.0 Å². The highest BCUT2D eigenvalue weighted by atomic mass is 32.2. The minimum Gasteiger partial charge on any atom is -0.868 e. The molecule has 3 amide bonds. The van der Waals surface area contributed by atoms with E-state index < -0.39 is 40.0 Å². The number of rotatable bonds is 5. The Hall–Kier alpha value is -3.66. The van der Waals surface area contributed by atoms with Gasteiger partial charge in [-0.05, 0) is 66.3 Å². The summed E-state index contributed by atoms with van der Waals surface area (Å²) in [7, 11) is 0. The van der Waals surface area contributed by atoms with Gasteiger partial charge in [0, 0.05) is 11.8 Å². The third kappa shape index (κ3) is 4.49. The van der Waals surface area contributed by atoms with Crippen LogP contribution in [0.5, 0.6) is 5.75 Å². The second kappa shape index (κ2) is 8.37. The lowest BCUT2D eigenvalue weighted by molar-refractivity contribution is -0.398. The second-order valence-corrected chi connectivity index (χ2v) is 7.59. The van der Waals surface area contributed by atoms with Crippen molar-refractivity contribution in [2.24, 2.45) is 0 Å². The predicted octanol–water partition coefficient (Wildman–Crippen LogP) is 2.96. The molecule has 0 atom stereocenters. The Morgan fingerprint density at radius 2 is 1.90 bits per heavy atom. The number of hydrogen-bond acceptors (Lipinski definition) is 7. The number of aryl methyl sites for hydroxylation is 2. The highest BCUT2D eigenvalue weighted by Crippen LogP contribution is 2.33. The monoisotopic (exact) mass is 426 g/mol. The zero-order valence-electron chi connectivity index (χ0n) is 16.0. The SMILES string of the molecule is Cc1ccc(NC(=O)CN2C(=O)S/C(=C\c3ccc([O-])c([N+](=O)[O-])c3)C2=O)cc1C. The van der Waals surface area contributed by atoms with Gasteiger partial charge in [-0.3, -0.25) is 29.4 Å². The molecule has 2 aromatic carbocycles. The molecule has 1 aliphatic rings. The van der Waals surface area contributed by atoms with Crippen molar-refractivity contribution >= 4 is 46.3 Å². The van der Waals surface area contributed by atoms with Gasteiger partial charge in [-0.1, -0.05) is 18.2 Å². The van der Waals surface area contributed by atoms with Gasteiger partial charge in [0.25, 0.3) is 16.8 Å². The van der Waals surface area contributed by atoms with Gasteiger partial charge in [0.15, 0.2) is 0 Å². The van der Waals surface area contributed by atoms with Crippen molar-refractivity contribution in [1.82, 2.24) is 4.90 Å². The fourth-order valence-electron chi connectivity index (χ4n) is 2.72. The zero-order valence-corrected chi connectivity index (χ0v) is 16.8. The number of nitrogens with one attached hydrogen (secondary N) is 1. The van der Waals surface area contributed by atoms with E-state index in [9.17, 15) is 29.6 Å². The largest absolute Gasteiger partial charge is 0.868 e. The molecule has 1 N–H and O–H groups in total. The molecule has 1 fully saturated rings. The lowest BCUT2D eigenvalue weighted by Crippen LogP contribution is -2.36. The summed E-state index contributed by atoms with van der Waals surface area (Å²) < 4.78 is 0. The summed E-state index contributed by atoms with van der Waals surface area (Å²) in [5, 5.41) is 24.4. The van der Waals surface area contributed by atoms with Crippen LogP contribution in [-0.4, -0.2) is 33.4 Å². The molecule has 1 aliphatic heterocycles. The summed E-state index contributed by atoms with van der Waals surface area (Å²) >= 11 is 0.618. The summed E-state index contributed by atoms with van der Waals surface area (Å²) in [6, 6.07) is 8.72. The second-order valence-electron chi connectivity index (χ2n) is 6.60. The van der Waals surface area contributed by atoms with E-state index in [0.29, 0.717) is 17.4 Å². The number of nitro groups is 1. The quantitative estimate of drug-likeness (QED) is 0.441. The minimum absolute atomic E-state index is 0.00641. The lowest BCUT2D eigenvalue weighted by Gasteiger charge is -2.13. The van der Waals surface area contributed by atoms with Gasteiger partial charge in [0.05, 0.1) is 9.83 Å². The molecule has 0 aliphatic carbocycles. The lowest BCUT2D eigenvalue weighted by atomic mass is 10.1. The van der Waals surface area contributed by atoms with Gasteiger partial charge in [-0.2, -0.15) is 0 Å². The van der Waals surface area contributed by atoms with Crippen LogP contribution in [-0.2, 0) is 9.59 Å². The van der Waals surface area contributed by atoms with Crippen molar-refractivity contribution in [1.29, 1.82) is 0 Å². The first kappa shape index (κ1) is 21.1. The molecular weight excluding hydrogens is 410 g/mol. The maximum absolute atomic E-state index is 12.5. The molecule has 0 aromatic heterocycles. The number of amides is 3. The Morgan fingerprint density at radius 1 is 1.17 bits per heavy atom. The average Bonchev–Trinajstić information content (AvgIpc) is 2.93. The first-order valence-electron chi connectivity index (χ1n) is 8.73. The number of benzene rings is 2. The molecule has 10 heteroatoms. The molecule has 0 radical (unpaired) electrons. The fourth-order valence-corrected chi connectivity index (χ4v) is 3.56. The summed E-state index contributed by atoms with van der Waals surface area (Å²) in [6.45, 7) is 3.37. The van der Waals surface area contributed by atoms with E-state index in [4.69, 9.17) is 0 Å². The van der Waals surface area contributed by atoms with Crippen molar-refractivity contribution in [2.75, 3.05) is 11.9 Å². The Kier molecular flexibility index (Phi) is 5.88. The molecule has 3 rings (SSSR count). The van der Waals surface area contributed by atoms with Crippen LogP contribution in [0.1, 0.15) is 16.7 Å². The third-order valence-electron chi connectivity index (χ3n) is 4.44. The molecule has 30 heavy (non-hydrogen) atoms. The number of carbonyl (C=O) groups is 3. The van der Waals surface area contributed by atoms with Crippen LogP contribution < -0.4 is 10.4 Å². The van der Waals surface area contributed by atoms with E-state index in [0.717, 1.165) is 28.2 Å². The Labute approximate surface area is 175 Å². The number of thioether (sulfide) groups is 1. The van der Waals surface area contributed by atoms with Crippen LogP contribution in [0.4, 0.5) is 16.2 Å². The molecule has 0 bridgehead atoms. The van der Waals surface area contributed by atoms with Gasteiger partial charge in [-0.15, -0.1) is 0 Å². The Morgan fingerprint density at radius 3 is 2.57 bits per heavy atom. The maximum atomic E-state index is 12.5. The standard InChI is InChI=1S/C20H17N3O6S/c1-11-3-5-14(7-12(11)2)21-18(25)10-22-19(26)17(30-20(22)27)9-13-4-6-16(24)15(8-13)23(28)29/h3-9,24H,10H2,1-2H3,(H,21,25)/p-1/b17-9-. The number of nitro benzene ring substituents is 1. The Balaban J connectivity index is 1.73. The number of nitrogens with zero attached hydrogens (tertiary/aromatic N) is 2. The molecule has 2 aromatic rings. The molecule has 0 spiro atoms. The van der Waals surface area contributed by atoms with Gasteiger partial charge in [0.2, 0.25) is 5.91 Å². The molecule has 9 nitrogen and oxygen atoms in total. The summed E-state index contributed by atoms with van der Waals surface area (Å²) in [6.07, 6.45) is 1.28. The number of hydrogen-bond donors (Lipinski definition) is 1. The minimum atomic E-state index is -0.817. The Bertz CT molecular complexity index is 1110. The normalized spacial score (nSPS) is 15.0. The molecular formula is C20H16N3O6S-. The van der Waals surface area contributed by atoms with Crippen LogP contribution >= 0.6 is 11.8 Å². The van der Waals surface area contributed by atoms with Crippen molar-refractivity contribution in [2.45, 2.75) is 13.8 Å². The predicted molar refractivity (Wildman–Crippen MR) is 110 cm³/mol. The van der Waals surface area contributed by atoms with Crippen molar-refractivity contribution < 1.29 is 24.4 Å². The molecule has 0 unspecified atom stereocenters. The van der Waals surface area contributed by atoms with Gasteiger partial charge < -0.3 is 10.4 Å². The van der Waals surface area contributed by atoms with Crippen molar-refractivity contribution in [3.63, 3.8) is 0 Å². The first-order valence-corrected chi connectivity index (χ1v) is 9.55. The van der Waals surface area contributed by atoms with Gasteiger partial charge in [0.1, 0.15) is 6.54 Å². The van der Waals surface area contributed by atoms with E-state index >= 15 is 0 Å². The van der Waals surface area contributed by atoms with E-state index in [1.165, 1.54) is 12.1 Å². The topological polar surface area (TPSA) is 133 Å². The maximum Gasteiger partial charge on any atom is 0.294 e. The van der Waals surface area contributed by atoms with E-state index in [1.807, 2.05) is 19.9 Å². The molecule has 1 heterocycles. The number of carbonyl (C=O) groups excluding carboxylic acids is 3. The first-order chi connectivity index (χ1) is 14.2. The van der Waals surface area contributed by atoms with Crippen LogP contribution in [0.2, 0.25) is 0 Å². The van der Waals surface area contributed by atoms with Crippen molar-refractivity contribution in [3.8, 4) is 5.75 Å². The average molecular weight is 426 g/mol. The number of imide groups is 1. The van der Waals surface area contributed by atoms with E-state index in [-0.39, 0.29) is 10.5 Å². The van der Waals surface area contributed by atoms with Crippen molar-refractivity contribution in [3.05, 3.63) is 68.1 Å². The summed E-state index contributed by atoms with van der Waals surface area (Å²) in [5.41, 5.74) is 2.20. The third-order valence-corrected chi connectivity index (χ3v) is 5.35. The zero-order chi connectivity index (χ0) is 22.0. The highest BCUT2D eigenvalue weighted by Gasteiger charge is 2.36. The van der Waals surface area contributed by atoms with Crippen LogP contribution in [0.3, 0.4) is 0 Å². The molecule has 154 valence electrons. The van der Waals surface area contributed by atoms with E-state index in [2.05, 4.69) is 5.32 Å².